The Bertz CT molecular complexity index is 1220. The lowest BCUT2D eigenvalue weighted by atomic mass is 9.86. The predicted molar refractivity (Wildman–Crippen MR) is 143 cm³/mol. The first-order chi connectivity index (χ1) is 17.4. The maximum absolute atomic E-state index is 13.5. The summed E-state index contributed by atoms with van der Waals surface area (Å²) in [4.78, 5) is 33.2. The van der Waals surface area contributed by atoms with Gasteiger partial charge in [0.25, 0.3) is 5.91 Å². The number of rotatable bonds is 8. The van der Waals surface area contributed by atoms with Crippen molar-refractivity contribution < 1.29 is 14.7 Å². The van der Waals surface area contributed by atoms with Crippen molar-refractivity contribution in [2.45, 2.75) is 39.0 Å². The van der Waals surface area contributed by atoms with Gasteiger partial charge < -0.3 is 15.3 Å². The van der Waals surface area contributed by atoms with Crippen LogP contribution < -0.4 is 10.2 Å². The van der Waals surface area contributed by atoms with Crippen LogP contribution in [0.2, 0.25) is 0 Å². The number of aliphatic imine (C=N–C) groups is 1. The summed E-state index contributed by atoms with van der Waals surface area (Å²) >= 11 is 0. The molecule has 6 nitrogen and oxygen atoms in total. The van der Waals surface area contributed by atoms with E-state index in [1.807, 2.05) is 98.8 Å². The van der Waals surface area contributed by atoms with Gasteiger partial charge in [0.2, 0.25) is 12.1 Å². The third-order valence-corrected chi connectivity index (χ3v) is 6.68. The average Bonchev–Trinajstić information content (AvgIpc) is 2.99. The molecule has 2 N–H and O–H groups in total. The van der Waals surface area contributed by atoms with Crippen molar-refractivity contribution in [1.82, 2.24) is 5.32 Å². The van der Waals surface area contributed by atoms with Gasteiger partial charge in [0.1, 0.15) is 0 Å². The first kappa shape index (κ1) is 25.3. The number of benzodiazepines with no additional fused rings is 1. The van der Waals surface area contributed by atoms with Crippen LogP contribution in [0.4, 0.5) is 5.69 Å². The average molecular weight is 484 g/mol. The summed E-state index contributed by atoms with van der Waals surface area (Å²) in [5, 5.41) is 13.9. The van der Waals surface area contributed by atoms with E-state index in [4.69, 9.17) is 4.99 Å². The van der Waals surface area contributed by atoms with Gasteiger partial charge in [-0.2, -0.15) is 0 Å². The summed E-state index contributed by atoms with van der Waals surface area (Å²) in [7, 11) is 1.69. The molecule has 0 radical (unpaired) electrons. The zero-order chi connectivity index (χ0) is 25.7. The Kier molecular flexibility index (Phi) is 7.96. The number of nitrogens with zero attached hydrogens (tertiary/aromatic N) is 2. The summed E-state index contributed by atoms with van der Waals surface area (Å²) in [6, 6.07) is 27.1. The molecule has 186 valence electrons. The molecule has 3 aromatic carbocycles. The van der Waals surface area contributed by atoms with E-state index in [1.54, 1.807) is 7.05 Å². The van der Waals surface area contributed by atoms with Gasteiger partial charge in [-0.15, -0.1) is 0 Å². The smallest absolute Gasteiger partial charge is 0.272 e. The normalized spacial score (nSPS) is 17.1. The lowest BCUT2D eigenvalue weighted by Gasteiger charge is -2.27. The Balaban J connectivity index is 1.60. The molecule has 36 heavy (non-hydrogen) atoms. The van der Waals surface area contributed by atoms with Crippen LogP contribution in [0, 0.1) is 11.8 Å². The monoisotopic (exact) mass is 483 g/mol. The standard InChI is InChI=1S/C30H33N3O3/c1-20(2)26(25(34)19-18-21-12-6-4-7-13-21)29(35)32-28-30(36)33(3)24-17-11-10-16-23(24)27(31-28)22-14-8-5-9-15-22/h4-17,20,25-26,28,34H,18-19H2,1-3H3,(H,32,35)/t25-,26+,28?/m0/s1. The van der Waals surface area contributed by atoms with Gasteiger partial charge in [-0.25, -0.2) is 4.99 Å². The molecule has 3 atom stereocenters. The third-order valence-electron chi connectivity index (χ3n) is 6.68. The highest BCUT2D eigenvalue weighted by Gasteiger charge is 2.35. The lowest BCUT2D eigenvalue weighted by molar-refractivity contribution is -0.134. The molecule has 6 heteroatoms. The van der Waals surface area contributed by atoms with Gasteiger partial charge in [-0.05, 0) is 30.4 Å². The second kappa shape index (κ2) is 11.3. The molecule has 1 aliphatic heterocycles. The molecule has 0 saturated heterocycles. The zero-order valence-electron chi connectivity index (χ0n) is 21.0. The summed E-state index contributed by atoms with van der Waals surface area (Å²) in [6.07, 6.45) is -0.843. The quantitative estimate of drug-likeness (QED) is 0.504. The number of aryl methyl sites for hydroxylation is 1. The molecule has 0 spiro atoms. The largest absolute Gasteiger partial charge is 0.392 e. The van der Waals surface area contributed by atoms with Crippen LogP contribution in [0.1, 0.15) is 37.0 Å². The van der Waals surface area contributed by atoms with Crippen molar-refractivity contribution in [3.05, 3.63) is 102 Å². The Morgan fingerprint density at radius 3 is 2.25 bits per heavy atom. The predicted octanol–water partition coefficient (Wildman–Crippen LogP) is 4.21. The Morgan fingerprint density at radius 2 is 1.58 bits per heavy atom. The Hall–Kier alpha value is -3.77. The topological polar surface area (TPSA) is 82.0 Å². The fraction of sp³-hybridized carbons (Fsp3) is 0.300. The minimum absolute atomic E-state index is 0.121. The van der Waals surface area contributed by atoms with Gasteiger partial charge in [-0.3, -0.25) is 9.59 Å². The van der Waals surface area contributed by atoms with Crippen molar-refractivity contribution in [2.75, 3.05) is 11.9 Å². The minimum Gasteiger partial charge on any atom is -0.392 e. The third kappa shape index (κ3) is 5.55. The number of nitrogens with one attached hydrogen (secondary N) is 1. The summed E-state index contributed by atoms with van der Waals surface area (Å²) in [5.41, 5.74) is 4.15. The Morgan fingerprint density at radius 1 is 0.972 bits per heavy atom. The summed E-state index contributed by atoms with van der Waals surface area (Å²) < 4.78 is 0. The van der Waals surface area contributed by atoms with Crippen molar-refractivity contribution in [1.29, 1.82) is 0 Å². The minimum atomic E-state index is -1.10. The van der Waals surface area contributed by atoms with Gasteiger partial charge in [-0.1, -0.05) is 92.7 Å². The van der Waals surface area contributed by atoms with Gasteiger partial charge in [0, 0.05) is 18.2 Å². The fourth-order valence-corrected chi connectivity index (χ4v) is 4.73. The second-order valence-corrected chi connectivity index (χ2v) is 9.53. The zero-order valence-corrected chi connectivity index (χ0v) is 21.0. The number of anilines is 1. The lowest BCUT2D eigenvalue weighted by Crippen LogP contribution is -2.50. The highest BCUT2D eigenvalue weighted by Crippen LogP contribution is 2.28. The van der Waals surface area contributed by atoms with E-state index in [0.717, 1.165) is 22.4 Å². The molecular formula is C30H33N3O3. The van der Waals surface area contributed by atoms with Crippen LogP contribution >= 0.6 is 0 Å². The van der Waals surface area contributed by atoms with Gasteiger partial charge in [0.15, 0.2) is 0 Å². The number of carbonyl (C=O) groups excluding carboxylic acids is 2. The van der Waals surface area contributed by atoms with E-state index >= 15 is 0 Å². The number of aliphatic hydroxyl groups excluding tert-OH is 1. The number of para-hydroxylation sites is 1. The molecule has 2 amide bonds. The van der Waals surface area contributed by atoms with Crippen molar-refractivity contribution in [3.8, 4) is 0 Å². The fourth-order valence-electron chi connectivity index (χ4n) is 4.73. The van der Waals surface area contributed by atoms with E-state index in [-0.39, 0.29) is 17.7 Å². The first-order valence-corrected chi connectivity index (χ1v) is 12.4. The van der Waals surface area contributed by atoms with E-state index in [0.29, 0.717) is 18.6 Å². The molecule has 0 bridgehead atoms. The molecule has 1 heterocycles. The Labute approximate surface area is 212 Å². The van der Waals surface area contributed by atoms with Crippen LogP contribution in [0.5, 0.6) is 0 Å². The molecule has 0 aliphatic carbocycles. The SMILES string of the molecule is CC(C)[C@@H](C(=O)NC1N=C(c2ccccc2)c2ccccc2N(C)C1=O)[C@@H](O)CCc1ccccc1. The number of fused-ring (bicyclic) bond motifs is 1. The van der Waals surface area contributed by atoms with Gasteiger partial charge >= 0.3 is 0 Å². The number of amides is 2. The maximum Gasteiger partial charge on any atom is 0.272 e. The number of hydrogen-bond donors (Lipinski definition) is 2. The first-order valence-electron chi connectivity index (χ1n) is 12.4. The van der Waals surface area contributed by atoms with Crippen LogP contribution in [-0.4, -0.2) is 41.9 Å². The maximum atomic E-state index is 13.5. The number of likely N-dealkylation sites (N-methyl/N-ethyl adjacent to an activating group) is 1. The van der Waals surface area contributed by atoms with Crippen molar-refractivity contribution >= 4 is 23.2 Å². The number of carbonyl (C=O) groups is 2. The van der Waals surface area contributed by atoms with Crippen LogP contribution in [-0.2, 0) is 16.0 Å². The molecule has 0 fully saturated rings. The summed E-state index contributed by atoms with van der Waals surface area (Å²) in [6.45, 7) is 3.82. The van der Waals surface area contributed by atoms with E-state index in [9.17, 15) is 14.7 Å². The second-order valence-electron chi connectivity index (χ2n) is 9.53. The number of hydrogen-bond acceptors (Lipinski definition) is 4. The summed E-state index contributed by atoms with van der Waals surface area (Å²) in [5.74, 6) is -1.50. The molecule has 1 unspecified atom stereocenters. The van der Waals surface area contributed by atoms with Crippen LogP contribution in [0.3, 0.4) is 0 Å². The molecule has 3 aromatic rings. The van der Waals surface area contributed by atoms with Gasteiger partial charge in [0.05, 0.1) is 23.4 Å². The highest BCUT2D eigenvalue weighted by atomic mass is 16.3. The van der Waals surface area contributed by atoms with Crippen LogP contribution in [0.15, 0.2) is 89.9 Å². The molecule has 1 aliphatic rings. The molecule has 0 aromatic heterocycles. The molecular weight excluding hydrogens is 450 g/mol. The molecule has 4 rings (SSSR count). The number of aliphatic hydroxyl groups is 1. The van der Waals surface area contributed by atoms with E-state index in [2.05, 4.69) is 5.32 Å². The number of benzene rings is 3. The van der Waals surface area contributed by atoms with E-state index in [1.165, 1.54) is 4.90 Å². The van der Waals surface area contributed by atoms with Crippen molar-refractivity contribution in [3.63, 3.8) is 0 Å². The highest BCUT2D eigenvalue weighted by molar-refractivity contribution is 6.20. The van der Waals surface area contributed by atoms with Crippen LogP contribution in [0.25, 0.3) is 0 Å². The van der Waals surface area contributed by atoms with E-state index < -0.39 is 18.2 Å². The van der Waals surface area contributed by atoms with Crippen molar-refractivity contribution in [2.24, 2.45) is 16.8 Å². The molecule has 0 saturated carbocycles.